The minimum Gasteiger partial charge on any atom is -0.280 e. The van der Waals surface area contributed by atoms with Crippen molar-refractivity contribution in [2.24, 2.45) is 0 Å². The fraction of sp³-hybridized carbons (Fsp3) is 0.500. The molecule has 3 nitrogen and oxygen atoms in total. The van der Waals surface area contributed by atoms with Crippen LogP contribution in [-0.2, 0) is 15.4 Å². The van der Waals surface area contributed by atoms with Gasteiger partial charge in [-0.15, -0.1) is 0 Å². The van der Waals surface area contributed by atoms with Gasteiger partial charge in [-0.05, 0) is 24.7 Å². The maximum absolute atomic E-state index is 4.97. The molecule has 0 aliphatic rings. The number of thioether (sulfide) groups is 1. The third kappa shape index (κ3) is 6.12. The molecule has 0 atom stereocenters. The lowest BCUT2D eigenvalue weighted by molar-refractivity contribution is -0.151. The smallest absolute Gasteiger partial charge is 0.0717 e. The first-order valence-corrected chi connectivity index (χ1v) is 6.51. The minimum absolute atomic E-state index is 0.675. The van der Waals surface area contributed by atoms with Crippen LogP contribution in [0.4, 0.5) is 0 Å². The Balaban J connectivity index is 2.01. The van der Waals surface area contributed by atoms with Gasteiger partial charge in [-0.25, -0.2) is 0 Å². The number of benzene rings is 1. The van der Waals surface area contributed by atoms with Crippen LogP contribution in [0.5, 0.6) is 0 Å². The van der Waals surface area contributed by atoms with Crippen molar-refractivity contribution in [1.82, 2.24) is 5.64 Å². The van der Waals surface area contributed by atoms with Gasteiger partial charge in [0.1, 0.15) is 0 Å². The summed E-state index contributed by atoms with van der Waals surface area (Å²) in [6.07, 6.45) is 1.02. The van der Waals surface area contributed by atoms with Gasteiger partial charge in [0.2, 0.25) is 0 Å². The van der Waals surface area contributed by atoms with Crippen LogP contribution in [0.1, 0.15) is 17.5 Å². The molecule has 16 heavy (non-hydrogen) atoms. The molecule has 0 aliphatic carbocycles. The third-order valence-electron chi connectivity index (χ3n) is 2.07. The second-order valence-electron chi connectivity index (χ2n) is 3.53. The summed E-state index contributed by atoms with van der Waals surface area (Å²) in [7, 11) is 1.53. The molecule has 0 aromatic heterocycles. The molecule has 90 valence electrons. The highest BCUT2D eigenvalue weighted by molar-refractivity contribution is 7.98. The standard InChI is InChI=1S/C12H19NO2S/c1-11-4-6-12(7-5-11)10-16-9-3-8-15-13-14-2/h4-7,13H,3,8-10H2,1-2H3. The molecule has 0 fully saturated rings. The normalized spacial score (nSPS) is 10.6. The fourth-order valence-electron chi connectivity index (χ4n) is 1.21. The molecule has 1 rings (SSSR count). The summed E-state index contributed by atoms with van der Waals surface area (Å²) < 4.78 is 0. The highest BCUT2D eigenvalue weighted by Gasteiger charge is 1.94. The molecule has 1 aromatic rings. The predicted molar refractivity (Wildman–Crippen MR) is 68.1 cm³/mol. The van der Waals surface area contributed by atoms with E-state index in [-0.39, 0.29) is 0 Å². The predicted octanol–water partition coefficient (Wildman–Crippen LogP) is 2.70. The summed E-state index contributed by atoms with van der Waals surface area (Å²) in [5.41, 5.74) is 5.05. The Kier molecular flexibility index (Phi) is 7.25. The van der Waals surface area contributed by atoms with Gasteiger partial charge in [0.25, 0.3) is 0 Å². The van der Waals surface area contributed by atoms with E-state index in [2.05, 4.69) is 41.7 Å². The SMILES string of the molecule is CONOCCCSCc1ccc(C)cc1. The second kappa shape index (κ2) is 8.58. The van der Waals surface area contributed by atoms with E-state index in [1.807, 2.05) is 11.8 Å². The average Bonchev–Trinajstić information content (AvgIpc) is 2.30. The van der Waals surface area contributed by atoms with Crippen LogP contribution in [0, 0.1) is 6.92 Å². The molecule has 0 bridgehead atoms. The number of hydrogen-bond donors (Lipinski definition) is 1. The maximum Gasteiger partial charge on any atom is 0.0717 e. The van der Waals surface area contributed by atoms with E-state index in [1.54, 1.807) is 0 Å². The lowest BCUT2D eigenvalue weighted by atomic mass is 10.2. The van der Waals surface area contributed by atoms with Crippen molar-refractivity contribution in [2.45, 2.75) is 19.1 Å². The van der Waals surface area contributed by atoms with Crippen molar-refractivity contribution < 1.29 is 9.68 Å². The first kappa shape index (κ1) is 13.5. The molecular weight excluding hydrogens is 222 g/mol. The van der Waals surface area contributed by atoms with E-state index in [9.17, 15) is 0 Å². The first-order chi connectivity index (χ1) is 7.83. The highest BCUT2D eigenvalue weighted by Crippen LogP contribution is 2.13. The second-order valence-corrected chi connectivity index (χ2v) is 4.63. The topological polar surface area (TPSA) is 30.5 Å². The molecule has 0 saturated carbocycles. The molecule has 0 heterocycles. The molecule has 0 saturated heterocycles. The van der Waals surface area contributed by atoms with Gasteiger partial charge in [-0.1, -0.05) is 35.5 Å². The monoisotopic (exact) mass is 241 g/mol. The van der Waals surface area contributed by atoms with Crippen LogP contribution < -0.4 is 5.64 Å². The van der Waals surface area contributed by atoms with E-state index >= 15 is 0 Å². The van der Waals surface area contributed by atoms with E-state index in [0.717, 1.165) is 17.9 Å². The first-order valence-electron chi connectivity index (χ1n) is 5.36. The highest BCUT2D eigenvalue weighted by atomic mass is 32.2. The molecule has 1 aromatic carbocycles. The zero-order valence-electron chi connectivity index (χ0n) is 9.86. The van der Waals surface area contributed by atoms with Gasteiger partial charge in [0, 0.05) is 5.75 Å². The number of hydrogen-bond acceptors (Lipinski definition) is 4. The number of rotatable bonds is 8. The molecule has 1 N–H and O–H groups in total. The molecule has 0 spiro atoms. The Bertz CT molecular complexity index is 277. The molecule has 4 heteroatoms. The average molecular weight is 241 g/mol. The van der Waals surface area contributed by atoms with Gasteiger partial charge >= 0.3 is 0 Å². The molecule has 0 unspecified atom stereocenters. The zero-order chi connectivity index (χ0) is 11.6. The van der Waals surface area contributed by atoms with E-state index in [0.29, 0.717) is 6.61 Å². The Hall–Kier alpha value is -0.550. The van der Waals surface area contributed by atoms with Crippen LogP contribution in [-0.4, -0.2) is 19.5 Å². The van der Waals surface area contributed by atoms with Crippen molar-refractivity contribution in [3.8, 4) is 0 Å². The van der Waals surface area contributed by atoms with Gasteiger partial charge < -0.3 is 0 Å². The third-order valence-corrected chi connectivity index (χ3v) is 3.18. The Labute approximate surface area is 101 Å². The van der Waals surface area contributed by atoms with Crippen LogP contribution >= 0.6 is 11.8 Å². The summed E-state index contributed by atoms with van der Waals surface area (Å²) in [4.78, 5) is 9.52. The van der Waals surface area contributed by atoms with E-state index in [4.69, 9.17) is 4.84 Å². The Morgan fingerprint density at radius 2 is 2.00 bits per heavy atom. The Morgan fingerprint density at radius 1 is 1.25 bits per heavy atom. The zero-order valence-corrected chi connectivity index (χ0v) is 10.7. The van der Waals surface area contributed by atoms with Crippen molar-refractivity contribution in [2.75, 3.05) is 19.5 Å². The number of nitrogens with one attached hydrogen (secondary N) is 1. The van der Waals surface area contributed by atoms with Crippen molar-refractivity contribution in [1.29, 1.82) is 0 Å². The lowest BCUT2D eigenvalue weighted by Gasteiger charge is -2.04. The van der Waals surface area contributed by atoms with Crippen LogP contribution in [0.3, 0.4) is 0 Å². The van der Waals surface area contributed by atoms with Gasteiger partial charge in [0.05, 0.1) is 13.7 Å². The summed E-state index contributed by atoms with van der Waals surface area (Å²) in [5.74, 6) is 2.16. The molecule has 0 aliphatic heterocycles. The molecule has 0 amide bonds. The van der Waals surface area contributed by atoms with Crippen molar-refractivity contribution in [3.05, 3.63) is 35.4 Å². The van der Waals surface area contributed by atoms with Gasteiger partial charge in [-0.2, -0.15) is 11.8 Å². The van der Waals surface area contributed by atoms with Crippen LogP contribution in [0.15, 0.2) is 24.3 Å². The maximum atomic E-state index is 4.97. The lowest BCUT2D eigenvalue weighted by Crippen LogP contribution is -2.13. The minimum atomic E-state index is 0.675. The Morgan fingerprint density at radius 3 is 2.69 bits per heavy atom. The summed E-state index contributed by atoms with van der Waals surface area (Å²) >= 11 is 1.92. The summed E-state index contributed by atoms with van der Waals surface area (Å²) in [6, 6.07) is 8.68. The summed E-state index contributed by atoms with van der Waals surface area (Å²) in [5, 5.41) is 0. The summed E-state index contributed by atoms with van der Waals surface area (Å²) in [6.45, 7) is 2.78. The molecular formula is C12H19NO2S. The number of aryl methyl sites for hydroxylation is 1. The van der Waals surface area contributed by atoms with Gasteiger partial charge in [-0.3, -0.25) is 9.68 Å². The van der Waals surface area contributed by atoms with Crippen LogP contribution in [0.25, 0.3) is 0 Å². The van der Waals surface area contributed by atoms with Crippen molar-refractivity contribution >= 4 is 11.8 Å². The molecule has 0 radical (unpaired) electrons. The van der Waals surface area contributed by atoms with Crippen LogP contribution in [0.2, 0.25) is 0 Å². The largest absolute Gasteiger partial charge is 0.280 e. The van der Waals surface area contributed by atoms with Crippen molar-refractivity contribution in [3.63, 3.8) is 0 Å². The van der Waals surface area contributed by atoms with Gasteiger partial charge in [0.15, 0.2) is 0 Å². The van der Waals surface area contributed by atoms with E-state index in [1.165, 1.54) is 18.2 Å². The van der Waals surface area contributed by atoms with E-state index < -0.39 is 0 Å². The quantitative estimate of drug-likeness (QED) is 0.560. The fourth-order valence-corrected chi connectivity index (χ4v) is 2.10.